The molecule has 0 unspecified atom stereocenters. The third kappa shape index (κ3) is 3.02. The van der Waals surface area contributed by atoms with Crippen LogP contribution in [0.2, 0.25) is 0 Å². The van der Waals surface area contributed by atoms with Crippen LogP contribution in [0.25, 0.3) is 11.0 Å². The van der Waals surface area contributed by atoms with Gasteiger partial charge in [0.15, 0.2) is 5.43 Å². The molecular formula is C23H19N3O4S. The number of hydrogen-bond acceptors (Lipinski definition) is 7. The van der Waals surface area contributed by atoms with Gasteiger partial charge >= 0.3 is 0 Å². The zero-order chi connectivity index (χ0) is 21.7. The van der Waals surface area contributed by atoms with Gasteiger partial charge in [-0.15, -0.1) is 10.2 Å². The molecule has 0 radical (unpaired) electrons. The van der Waals surface area contributed by atoms with Gasteiger partial charge in [-0.25, -0.2) is 0 Å². The quantitative estimate of drug-likeness (QED) is 0.478. The van der Waals surface area contributed by atoms with Gasteiger partial charge in [0.2, 0.25) is 10.9 Å². The Balaban J connectivity index is 1.78. The van der Waals surface area contributed by atoms with Crippen molar-refractivity contribution < 1.29 is 13.9 Å². The predicted octanol–water partition coefficient (Wildman–Crippen LogP) is 4.27. The van der Waals surface area contributed by atoms with Crippen LogP contribution in [-0.2, 0) is 6.42 Å². The number of methoxy groups -OCH3 is 1. The van der Waals surface area contributed by atoms with Crippen LogP contribution in [0.3, 0.4) is 0 Å². The molecule has 31 heavy (non-hydrogen) atoms. The first-order valence-corrected chi connectivity index (χ1v) is 10.7. The topological polar surface area (TPSA) is 85.5 Å². The van der Waals surface area contributed by atoms with Crippen LogP contribution < -0.4 is 15.1 Å². The van der Waals surface area contributed by atoms with Gasteiger partial charge in [0.05, 0.1) is 24.1 Å². The van der Waals surface area contributed by atoms with Crippen LogP contribution in [-0.4, -0.2) is 23.2 Å². The minimum atomic E-state index is -0.660. The van der Waals surface area contributed by atoms with E-state index in [4.69, 9.17) is 9.15 Å². The standard InChI is InChI=1S/C23H19N3O4S/c1-4-17-24-25-23(31-17)26-19(13-6-8-14(29-3)9-7-13)18-20(27)15-11-12(2)5-10-16(15)30-21(18)22(26)28/h5-11,19H,4H2,1-3H3/t19-/m0/s1. The first-order valence-electron chi connectivity index (χ1n) is 9.89. The number of rotatable bonds is 4. The second-order valence-electron chi connectivity index (χ2n) is 7.36. The summed E-state index contributed by atoms with van der Waals surface area (Å²) in [6, 6.07) is 12.0. The molecule has 0 fully saturated rings. The number of fused-ring (bicyclic) bond motifs is 2. The van der Waals surface area contributed by atoms with Crippen LogP contribution in [0.5, 0.6) is 5.75 Å². The van der Waals surface area contributed by atoms with E-state index in [2.05, 4.69) is 10.2 Å². The minimum Gasteiger partial charge on any atom is -0.497 e. The fraction of sp³-hybridized carbons (Fsp3) is 0.217. The van der Waals surface area contributed by atoms with Crippen molar-refractivity contribution in [3.8, 4) is 5.75 Å². The number of ether oxygens (including phenoxy) is 1. The Morgan fingerprint density at radius 3 is 2.58 bits per heavy atom. The average molecular weight is 433 g/mol. The van der Waals surface area contributed by atoms with Crippen molar-refractivity contribution in [1.29, 1.82) is 0 Å². The Kier molecular flexibility index (Phi) is 4.59. The molecule has 156 valence electrons. The number of aromatic nitrogens is 2. The maximum atomic E-state index is 13.6. The van der Waals surface area contributed by atoms with Crippen molar-refractivity contribution in [2.45, 2.75) is 26.3 Å². The smallest absolute Gasteiger partial charge is 0.297 e. The van der Waals surface area contributed by atoms with Gasteiger partial charge in [0.25, 0.3) is 5.91 Å². The maximum Gasteiger partial charge on any atom is 0.297 e. The zero-order valence-corrected chi connectivity index (χ0v) is 18.0. The Bertz CT molecular complexity index is 1370. The molecule has 0 saturated carbocycles. The molecule has 0 bridgehead atoms. The second kappa shape index (κ2) is 7.31. The Hall–Kier alpha value is -3.52. The van der Waals surface area contributed by atoms with Gasteiger partial charge in [-0.1, -0.05) is 42.0 Å². The van der Waals surface area contributed by atoms with Gasteiger partial charge in [-0.3, -0.25) is 14.5 Å². The number of hydrogen-bond donors (Lipinski definition) is 0. The second-order valence-corrected chi connectivity index (χ2v) is 8.40. The summed E-state index contributed by atoms with van der Waals surface area (Å²) >= 11 is 1.34. The van der Waals surface area contributed by atoms with Gasteiger partial charge in [-0.05, 0) is 43.2 Å². The summed E-state index contributed by atoms with van der Waals surface area (Å²) in [5.41, 5.74) is 2.21. The summed E-state index contributed by atoms with van der Waals surface area (Å²) in [6.45, 7) is 3.89. The van der Waals surface area contributed by atoms with Crippen LogP contribution >= 0.6 is 11.3 Å². The number of carbonyl (C=O) groups excluding carboxylic acids is 1. The van der Waals surface area contributed by atoms with Crippen molar-refractivity contribution in [3.05, 3.63) is 80.1 Å². The Morgan fingerprint density at radius 2 is 1.90 bits per heavy atom. The highest BCUT2D eigenvalue weighted by Crippen LogP contribution is 2.42. The van der Waals surface area contributed by atoms with E-state index in [0.29, 0.717) is 33.8 Å². The van der Waals surface area contributed by atoms with Crippen LogP contribution in [0.15, 0.2) is 51.7 Å². The average Bonchev–Trinajstić information content (AvgIpc) is 3.37. The van der Waals surface area contributed by atoms with Crippen LogP contribution in [0, 0.1) is 6.92 Å². The summed E-state index contributed by atoms with van der Waals surface area (Å²) < 4.78 is 11.2. The maximum absolute atomic E-state index is 13.6. The fourth-order valence-corrected chi connectivity index (χ4v) is 4.68. The van der Waals surface area contributed by atoms with E-state index in [-0.39, 0.29) is 11.2 Å². The molecule has 8 heteroatoms. The highest BCUT2D eigenvalue weighted by Gasteiger charge is 2.45. The van der Waals surface area contributed by atoms with Gasteiger partial charge in [0, 0.05) is 0 Å². The minimum absolute atomic E-state index is 0.0513. The molecule has 0 aliphatic carbocycles. The molecule has 3 heterocycles. The van der Waals surface area contributed by atoms with E-state index >= 15 is 0 Å². The lowest BCUT2D eigenvalue weighted by Gasteiger charge is -2.22. The third-order valence-electron chi connectivity index (χ3n) is 5.42. The number of benzene rings is 2. The van der Waals surface area contributed by atoms with Gasteiger partial charge in [0.1, 0.15) is 16.3 Å². The molecule has 2 aromatic carbocycles. The number of nitrogens with zero attached hydrogens (tertiary/aromatic N) is 3. The molecule has 1 atom stereocenters. The number of amides is 1. The van der Waals surface area contributed by atoms with Gasteiger partial charge in [-0.2, -0.15) is 0 Å². The van der Waals surface area contributed by atoms with E-state index in [1.54, 1.807) is 31.4 Å². The Labute approximate surface area is 181 Å². The normalized spacial score (nSPS) is 15.5. The summed E-state index contributed by atoms with van der Waals surface area (Å²) in [5, 5.41) is 10.1. The number of carbonyl (C=O) groups is 1. The first kappa shape index (κ1) is 19.4. The lowest BCUT2D eigenvalue weighted by atomic mass is 9.98. The van der Waals surface area contributed by atoms with Crippen LogP contribution in [0.1, 0.15) is 45.2 Å². The molecule has 2 aromatic heterocycles. The summed E-state index contributed by atoms with van der Waals surface area (Å²) in [6.07, 6.45) is 0.709. The largest absolute Gasteiger partial charge is 0.497 e. The molecule has 0 saturated heterocycles. The van der Waals surface area contributed by atoms with Gasteiger partial charge < -0.3 is 9.15 Å². The first-order chi connectivity index (χ1) is 15.0. The van der Waals surface area contributed by atoms with Crippen molar-refractivity contribution in [2.75, 3.05) is 12.0 Å². The molecule has 1 amide bonds. The van der Waals surface area contributed by atoms with E-state index in [1.165, 1.54) is 16.2 Å². The number of anilines is 1. The molecule has 0 N–H and O–H groups in total. The highest BCUT2D eigenvalue weighted by atomic mass is 32.1. The molecule has 1 aliphatic heterocycles. The molecule has 7 nitrogen and oxygen atoms in total. The monoisotopic (exact) mass is 433 g/mol. The lowest BCUT2D eigenvalue weighted by Crippen LogP contribution is -2.29. The number of aryl methyl sites for hydroxylation is 2. The summed E-state index contributed by atoms with van der Waals surface area (Å²) in [7, 11) is 1.59. The SMILES string of the molecule is CCc1nnc(N2C(=O)c3oc4ccc(C)cc4c(=O)c3[C@@H]2c2ccc(OC)cc2)s1. The summed E-state index contributed by atoms with van der Waals surface area (Å²) in [5.74, 6) is 0.342. The fourth-order valence-electron chi connectivity index (χ4n) is 3.87. The van der Waals surface area contributed by atoms with E-state index in [9.17, 15) is 9.59 Å². The zero-order valence-electron chi connectivity index (χ0n) is 17.2. The molecule has 5 rings (SSSR count). The Morgan fingerprint density at radius 1 is 1.13 bits per heavy atom. The molecular weight excluding hydrogens is 414 g/mol. The van der Waals surface area contributed by atoms with Crippen LogP contribution in [0.4, 0.5) is 5.13 Å². The van der Waals surface area contributed by atoms with Crippen molar-refractivity contribution >= 4 is 33.3 Å². The van der Waals surface area contributed by atoms with E-state index < -0.39 is 11.9 Å². The predicted molar refractivity (Wildman–Crippen MR) is 118 cm³/mol. The molecule has 1 aliphatic rings. The highest BCUT2D eigenvalue weighted by molar-refractivity contribution is 7.15. The van der Waals surface area contributed by atoms with E-state index in [0.717, 1.165) is 16.1 Å². The molecule has 4 aromatic rings. The molecule has 0 spiro atoms. The van der Waals surface area contributed by atoms with Crippen molar-refractivity contribution in [3.63, 3.8) is 0 Å². The van der Waals surface area contributed by atoms with E-state index in [1.807, 2.05) is 32.0 Å². The lowest BCUT2D eigenvalue weighted by molar-refractivity contribution is 0.0970. The third-order valence-corrected chi connectivity index (χ3v) is 6.49. The van der Waals surface area contributed by atoms with Crippen molar-refractivity contribution in [2.24, 2.45) is 0 Å². The summed E-state index contributed by atoms with van der Waals surface area (Å²) in [4.78, 5) is 28.6. The van der Waals surface area contributed by atoms with Crippen molar-refractivity contribution in [1.82, 2.24) is 10.2 Å².